The van der Waals surface area contributed by atoms with E-state index >= 15 is 0 Å². The molecule has 1 aromatic carbocycles. The molecule has 0 aliphatic carbocycles. The Morgan fingerprint density at radius 1 is 1.38 bits per heavy atom. The Bertz CT molecular complexity index is 645. The number of rotatable bonds is 4. The highest BCUT2D eigenvalue weighted by molar-refractivity contribution is 9.10. The third kappa shape index (κ3) is 3.81. The highest BCUT2D eigenvalue weighted by atomic mass is 79.9. The van der Waals surface area contributed by atoms with Gasteiger partial charge in [0.1, 0.15) is 5.82 Å². The molecule has 2 rings (SSSR count). The first-order chi connectivity index (χ1) is 9.81. The zero-order valence-electron chi connectivity index (χ0n) is 11.5. The summed E-state index contributed by atoms with van der Waals surface area (Å²) in [6.07, 6.45) is 1.87. The van der Waals surface area contributed by atoms with Gasteiger partial charge in [0.15, 0.2) is 0 Å². The lowest BCUT2D eigenvalue weighted by atomic mass is 10.3. The van der Waals surface area contributed by atoms with E-state index in [-0.39, 0.29) is 15.3 Å². The summed E-state index contributed by atoms with van der Waals surface area (Å²) in [4.78, 5) is 13.5. The molecule has 8 heteroatoms. The van der Waals surface area contributed by atoms with E-state index in [1.807, 2.05) is 0 Å². The molecule has 21 heavy (non-hydrogen) atoms. The van der Waals surface area contributed by atoms with Gasteiger partial charge in [-0.25, -0.2) is 12.8 Å². The molecule has 0 bridgehead atoms. The SMILES string of the molecule is CC(NS(=O)(=O)c1ccc(Br)c(F)c1)C(=O)N1CCCC1. The van der Waals surface area contributed by atoms with Gasteiger partial charge in [0, 0.05) is 13.1 Å². The largest absolute Gasteiger partial charge is 0.341 e. The monoisotopic (exact) mass is 378 g/mol. The fraction of sp³-hybridized carbons (Fsp3) is 0.462. The van der Waals surface area contributed by atoms with Gasteiger partial charge in [0.05, 0.1) is 15.4 Å². The van der Waals surface area contributed by atoms with Crippen LogP contribution in [0, 0.1) is 5.82 Å². The lowest BCUT2D eigenvalue weighted by molar-refractivity contribution is -0.131. The van der Waals surface area contributed by atoms with E-state index in [1.54, 1.807) is 4.90 Å². The van der Waals surface area contributed by atoms with Gasteiger partial charge < -0.3 is 4.90 Å². The highest BCUT2D eigenvalue weighted by Gasteiger charge is 2.27. The van der Waals surface area contributed by atoms with Gasteiger partial charge >= 0.3 is 0 Å². The Kier molecular flexibility index (Phi) is 5.00. The molecule has 116 valence electrons. The number of hydrogen-bond acceptors (Lipinski definition) is 3. The minimum atomic E-state index is -3.93. The lowest BCUT2D eigenvalue weighted by Crippen LogP contribution is -2.45. The highest BCUT2D eigenvalue weighted by Crippen LogP contribution is 2.19. The van der Waals surface area contributed by atoms with E-state index in [1.165, 1.54) is 19.1 Å². The van der Waals surface area contributed by atoms with Crippen LogP contribution in [-0.2, 0) is 14.8 Å². The Balaban J connectivity index is 2.12. The molecule has 0 spiro atoms. The summed E-state index contributed by atoms with van der Waals surface area (Å²) in [6.45, 7) is 2.79. The van der Waals surface area contributed by atoms with Gasteiger partial charge in [-0.05, 0) is 53.9 Å². The number of carbonyl (C=O) groups is 1. The number of nitrogens with zero attached hydrogens (tertiary/aromatic N) is 1. The quantitative estimate of drug-likeness (QED) is 0.869. The molecule has 1 saturated heterocycles. The van der Waals surface area contributed by atoms with Crippen molar-refractivity contribution in [2.75, 3.05) is 13.1 Å². The van der Waals surface area contributed by atoms with Crippen LogP contribution in [0.15, 0.2) is 27.6 Å². The average molecular weight is 379 g/mol. The maximum Gasteiger partial charge on any atom is 0.241 e. The Morgan fingerprint density at radius 2 is 2.00 bits per heavy atom. The topological polar surface area (TPSA) is 66.5 Å². The van der Waals surface area contributed by atoms with E-state index in [4.69, 9.17) is 0 Å². The molecule has 0 radical (unpaired) electrons. The van der Waals surface area contributed by atoms with Gasteiger partial charge in [-0.3, -0.25) is 4.79 Å². The van der Waals surface area contributed by atoms with Crippen LogP contribution in [0.2, 0.25) is 0 Å². The molecule has 1 N–H and O–H groups in total. The van der Waals surface area contributed by atoms with Crippen LogP contribution in [0.25, 0.3) is 0 Å². The van der Waals surface area contributed by atoms with Crippen molar-refractivity contribution in [3.8, 4) is 0 Å². The molecule has 1 aliphatic heterocycles. The molecule has 1 atom stereocenters. The summed E-state index contributed by atoms with van der Waals surface area (Å²) in [6, 6.07) is 2.64. The standard InChI is InChI=1S/C13H16BrFN2O3S/c1-9(13(18)17-6-2-3-7-17)16-21(19,20)10-4-5-11(14)12(15)8-10/h4-5,8-9,16H,2-3,6-7H2,1H3. The fourth-order valence-corrected chi connectivity index (χ4v) is 3.66. The molecule has 1 heterocycles. The van der Waals surface area contributed by atoms with Crippen molar-refractivity contribution in [3.63, 3.8) is 0 Å². The first kappa shape index (κ1) is 16.4. The molecule has 0 aromatic heterocycles. The normalized spacial score (nSPS) is 17.0. The molecule has 1 aliphatic rings. The van der Waals surface area contributed by atoms with Crippen LogP contribution < -0.4 is 4.72 Å². The second-order valence-electron chi connectivity index (χ2n) is 4.95. The molecular formula is C13H16BrFN2O3S. The van der Waals surface area contributed by atoms with E-state index in [0.717, 1.165) is 18.9 Å². The Morgan fingerprint density at radius 3 is 2.57 bits per heavy atom. The predicted octanol–water partition coefficient (Wildman–Crippen LogP) is 1.88. The number of benzene rings is 1. The molecule has 1 amide bonds. The van der Waals surface area contributed by atoms with E-state index in [0.29, 0.717) is 13.1 Å². The summed E-state index contributed by atoms with van der Waals surface area (Å²) >= 11 is 2.96. The van der Waals surface area contributed by atoms with Crippen LogP contribution in [-0.4, -0.2) is 38.4 Å². The van der Waals surface area contributed by atoms with Gasteiger partial charge in [-0.1, -0.05) is 0 Å². The smallest absolute Gasteiger partial charge is 0.241 e. The summed E-state index contributed by atoms with van der Waals surface area (Å²) < 4.78 is 40.2. The fourth-order valence-electron chi connectivity index (χ4n) is 2.21. The van der Waals surface area contributed by atoms with Crippen molar-refractivity contribution in [3.05, 3.63) is 28.5 Å². The van der Waals surface area contributed by atoms with Crippen molar-refractivity contribution in [1.82, 2.24) is 9.62 Å². The molecule has 1 unspecified atom stereocenters. The Hall–Kier alpha value is -0.990. The molecular weight excluding hydrogens is 363 g/mol. The van der Waals surface area contributed by atoms with Gasteiger partial charge in [0.25, 0.3) is 0 Å². The maximum absolute atomic E-state index is 13.4. The zero-order chi connectivity index (χ0) is 15.6. The number of sulfonamides is 1. The zero-order valence-corrected chi connectivity index (χ0v) is 13.9. The van der Waals surface area contributed by atoms with Crippen LogP contribution in [0.5, 0.6) is 0 Å². The van der Waals surface area contributed by atoms with Crippen LogP contribution in [0.3, 0.4) is 0 Å². The molecule has 1 fully saturated rings. The third-order valence-electron chi connectivity index (χ3n) is 3.32. The number of amides is 1. The first-order valence-corrected chi connectivity index (χ1v) is 8.85. The van der Waals surface area contributed by atoms with Crippen LogP contribution in [0.1, 0.15) is 19.8 Å². The van der Waals surface area contributed by atoms with E-state index in [2.05, 4.69) is 20.7 Å². The van der Waals surface area contributed by atoms with Crippen molar-refractivity contribution >= 4 is 31.9 Å². The van der Waals surface area contributed by atoms with Gasteiger partial charge in [-0.15, -0.1) is 0 Å². The summed E-state index contributed by atoms with van der Waals surface area (Å²) in [7, 11) is -3.93. The molecule has 1 aromatic rings. The van der Waals surface area contributed by atoms with Crippen LogP contribution >= 0.6 is 15.9 Å². The minimum Gasteiger partial charge on any atom is -0.341 e. The number of carbonyl (C=O) groups excluding carboxylic acids is 1. The van der Waals surface area contributed by atoms with Crippen molar-refractivity contribution < 1.29 is 17.6 Å². The Labute approximate surface area is 131 Å². The van der Waals surface area contributed by atoms with Crippen molar-refractivity contribution in [1.29, 1.82) is 0 Å². The molecule has 0 saturated carbocycles. The third-order valence-corrected chi connectivity index (χ3v) is 5.50. The van der Waals surface area contributed by atoms with Gasteiger partial charge in [-0.2, -0.15) is 4.72 Å². The average Bonchev–Trinajstić information content (AvgIpc) is 2.94. The van der Waals surface area contributed by atoms with Gasteiger partial charge in [0.2, 0.25) is 15.9 Å². The van der Waals surface area contributed by atoms with Crippen molar-refractivity contribution in [2.45, 2.75) is 30.7 Å². The maximum atomic E-state index is 13.4. The van der Waals surface area contributed by atoms with E-state index in [9.17, 15) is 17.6 Å². The summed E-state index contributed by atoms with van der Waals surface area (Å²) in [5.74, 6) is -0.926. The van der Waals surface area contributed by atoms with Crippen molar-refractivity contribution in [2.24, 2.45) is 0 Å². The number of likely N-dealkylation sites (tertiary alicyclic amines) is 1. The summed E-state index contributed by atoms with van der Waals surface area (Å²) in [5.41, 5.74) is 0. The molecule has 5 nitrogen and oxygen atoms in total. The number of hydrogen-bond donors (Lipinski definition) is 1. The predicted molar refractivity (Wildman–Crippen MR) is 79.7 cm³/mol. The number of nitrogens with one attached hydrogen (secondary N) is 1. The second kappa shape index (κ2) is 6.41. The minimum absolute atomic E-state index is 0.183. The number of halogens is 2. The van der Waals surface area contributed by atoms with Crippen LogP contribution in [0.4, 0.5) is 4.39 Å². The lowest BCUT2D eigenvalue weighted by Gasteiger charge is -2.21. The summed E-state index contributed by atoms with van der Waals surface area (Å²) in [5, 5.41) is 0. The van der Waals surface area contributed by atoms with E-state index < -0.39 is 21.9 Å². The first-order valence-electron chi connectivity index (χ1n) is 6.57. The second-order valence-corrected chi connectivity index (χ2v) is 7.52.